The van der Waals surface area contributed by atoms with E-state index in [0.29, 0.717) is 0 Å². The number of imidazole rings is 1. The van der Waals surface area contributed by atoms with Gasteiger partial charge in [-0.25, -0.2) is 9.78 Å². The predicted molar refractivity (Wildman–Crippen MR) is 65.1 cm³/mol. The normalized spacial score (nSPS) is 10.5. The molecule has 0 aliphatic carbocycles. The van der Waals surface area contributed by atoms with Gasteiger partial charge in [-0.15, -0.1) is 0 Å². The fraction of sp³-hybridized carbons (Fsp3) is 0.231. The van der Waals surface area contributed by atoms with E-state index < -0.39 is 5.97 Å². The SMILES string of the molecule is CCc1nc(-c2cccc(C(=O)O)c2)c(C)[nH]1. The van der Waals surface area contributed by atoms with Gasteiger partial charge in [0.15, 0.2) is 0 Å². The first-order valence-corrected chi connectivity index (χ1v) is 5.51. The molecule has 2 rings (SSSR count). The molecule has 88 valence electrons. The lowest BCUT2D eigenvalue weighted by atomic mass is 10.1. The zero-order valence-corrected chi connectivity index (χ0v) is 9.82. The van der Waals surface area contributed by atoms with Gasteiger partial charge in [0.2, 0.25) is 0 Å². The summed E-state index contributed by atoms with van der Waals surface area (Å²) in [6, 6.07) is 6.83. The van der Waals surface area contributed by atoms with Crippen LogP contribution in [0.15, 0.2) is 24.3 Å². The van der Waals surface area contributed by atoms with Crippen molar-refractivity contribution in [3.8, 4) is 11.3 Å². The fourth-order valence-corrected chi connectivity index (χ4v) is 1.77. The van der Waals surface area contributed by atoms with Crippen molar-refractivity contribution >= 4 is 5.97 Å². The van der Waals surface area contributed by atoms with E-state index in [0.717, 1.165) is 29.2 Å². The molecule has 4 heteroatoms. The maximum absolute atomic E-state index is 10.9. The van der Waals surface area contributed by atoms with Crippen LogP contribution in [-0.4, -0.2) is 21.0 Å². The largest absolute Gasteiger partial charge is 0.478 e. The molecule has 1 aromatic carbocycles. The molecule has 4 nitrogen and oxygen atoms in total. The van der Waals surface area contributed by atoms with Crippen molar-refractivity contribution < 1.29 is 9.90 Å². The standard InChI is InChI=1S/C13H14N2O2/c1-3-11-14-8(2)12(15-11)9-5-4-6-10(7-9)13(16)17/h4-7H,3H2,1-2H3,(H,14,15)(H,16,17). The van der Waals surface area contributed by atoms with Crippen LogP contribution in [0.2, 0.25) is 0 Å². The number of carboxylic acid groups (broad SMARTS) is 1. The van der Waals surface area contributed by atoms with Crippen LogP contribution in [0.5, 0.6) is 0 Å². The molecule has 0 unspecified atom stereocenters. The van der Waals surface area contributed by atoms with Crippen molar-refractivity contribution in [2.24, 2.45) is 0 Å². The van der Waals surface area contributed by atoms with Crippen LogP contribution in [0.1, 0.15) is 28.8 Å². The number of H-pyrrole nitrogens is 1. The molecular formula is C13H14N2O2. The average molecular weight is 230 g/mol. The quantitative estimate of drug-likeness (QED) is 0.851. The lowest BCUT2D eigenvalue weighted by molar-refractivity contribution is 0.0697. The van der Waals surface area contributed by atoms with Gasteiger partial charge in [-0.2, -0.15) is 0 Å². The number of aromatic amines is 1. The van der Waals surface area contributed by atoms with E-state index in [1.165, 1.54) is 0 Å². The number of carbonyl (C=O) groups is 1. The highest BCUT2D eigenvalue weighted by atomic mass is 16.4. The van der Waals surface area contributed by atoms with Gasteiger partial charge in [0.1, 0.15) is 5.82 Å². The Morgan fingerprint density at radius 3 is 2.82 bits per heavy atom. The van der Waals surface area contributed by atoms with Gasteiger partial charge in [-0.05, 0) is 19.1 Å². The summed E-state index contributed by atoms with van der Waals surface area (Å²) in [5.74, 6) is -0.00557. The molecule has 1 aromatic heterocycles. The summed E-state index contributed by atoms with van der Waals surface area (Å²) >= 11 is 0. The summed E-state index contributed by atoms with van der Waals surface area (Å²) in [5.41, 5.74) is 2.90. The van der Waals surface area contributed by atoms with Gasteiger partial charge in [-0.1, -0.05) is 19.1 Å². The highest BCUT2D eigenvalue weighted by Crippen LogP contribution is 2.22. The highest BCUT2D eigenvalue weighted by Gasteiger charge is 2.10. The third kappa shape index (κ3) is 2.20. The Morgan fingerprint density at radius 2 is 2.24 bits per heavy atom. The molecule has 0 fully saturated rings. The van der Waals surface area contributed by atoms with Crippen molar-refractivity contribution in [2.45, 2.75) is 20.3 Å². The molecule has 2 N–H and O–H groups in total. The minimum absolute atomic E-state index is 0.281. The number of hydrogen-bond donors (Lipinski definition) is 2. The minimum atomic E-state index is -0.921. The van der Waals surface area contributed by atoms with Gasteiger partial charge in [0.05, 0.1) is 11.3 Å². The number of rotatable bonds is 3. The van der Waals surface area contributed by atoms with Crippen molar-refractivity contribution in [1.82, 2.24) is 9.97 Å². The second kappa shape index (κ2) is 4.41. The number of nitrogens with zero attached hydrogens (tertiary/aromatic N) is 1. The lowest BCUT2D eigenvalue weighted by Gasteiger charge is -2.00. The second-order valence-corrected chi connectivity index (χ2v) is 3.90. The van der Waals surface area contributed by atoms with Gasteiger partial charge in [0, 0.05) is 17.7 Å². The predicted octanol–water partition coefficient (Wildman–Crippen LogP) is 2.65. The number of carboxylic acids is 1. The first-order chi connectivity index (χ1) is 8.11. The third-order valence-electron chi connectivity index (χ3n) is 2.65. The van der Waals surface area contributed by atoms with Crippen molar-refractivity contribution in [1.29, 1.82) is 0 Å². The molecule has 0 saturated heterocycles. The van der Waals surface area contributed by atoms with Crippen molar-refractivity contribution in [3.05, 3.63) is 41.3 Å². The molecule has 0 amide bonds. The Kier molecular flexibility index (Phi) is 2.95. The molecule has 2 aromatic rings. The molecule has 0 aliphatic rings. The summed E-state index contributed by atoms with van der Waals surface area (Å²) in [7, 11) is 0. The molecule has 0 atom stereocenters. The molecule has 1 heterocycles. The Balaban J connectivity index is 2.48. The smallest absolute Gasteiger partial charge is 0.335 e. The molecular weight excluding hydrogens is 216 g/mol. The summed E-state index contributed by atoms with van der Waals surface area (Å²) in [6.45, 7) is 3.96. The maximum atomic E-state index is 10.9. The summed E-state index contributed by atoms with van der Waals surface area (Å²) in [6.07, 6.45) is 0.833. The molecule has 0 saturated carbocycles. The highest BCUT2D eigenvalue weighted by molar-refractivity contribution is 5.89. The van der Waals surface area contributed by atoms with E-state index >= 15 is 0 Å². The van der Waals surface area contributed by atoms with E-state index in [4.69, 9.17) is 5.11 Å². The Bertz CT molecular complexity index is 558. The van der Waals surface area contributed by atoms with Gasteiger partial charge in [0.25, 0.3) is 0 Å². The maximum Gasteiger partial charge on any atom is 0.335 e. The molecule has 17 heavy (non-hydrogen) atoms. The number of aryl methyl sites for hydroxylation is 2. The van der Waals surface area contributed by atoms with Crippen LogP contribution < -0.4 is 0 Å². The molecule has 0 bridgehead atoms. The summed E-state index contributed by atoms with van der Waals surface area (Å²) in [5, 5.41) is 8.95. The van der Waals surface area contributed by atoms with E-state index in [1.54, 1.807) is 18.2 Å². The number of hydrogen-bond acceptors (Lipinski definition) is 2. The fourth-order valence-electron chi connectivity index (χ4n) is 1.77. The zero-order chi connectivity index (χ0) is 12.4. The first-order valence-electron chi connectivity index (χ1n) is 5.51. The second-order valence-electron chi connectivity index (χ2n) is 3.90. The summed E-state index contributed by atoms with van der Waals surface area (Å²) in [4.78, 5) is 18.5. The zero-order valence-electron chi connectivity index (χ0n) is 9.82. The Morgan fingerprint density at radius 1 is 1.47 bits per heavy atom. The van der Waals surface area contributed by atoms with Gasteiger partial charge < -0.3 is 10.1 Å². The minimum Gasteiger partial charge on any atom is -0.478 e. The van der Waals surface area contributed by atoms with Crippen LogP contribution >= 0.6 is 0 Å². The number of benzene rings is 1. The molecule has 0 aliphatic heterocycles. The van der Waals surface area contributed by atoms with Crippen molar-refractivity contribution in [3.63, 3.8) is 0 Å². The van der Waals surface area contributed by atoms with Crippen molar-refractivity contribution in [2.75, 3.05) is 0 Å². The Labute approximate surface area is 99.3 Å². The van der Waals surface area contributed by atoms with Gasteiger partial charge in [-0.3, -0.25) is 0 Å². The molecule has 0 spiro atoms. The van der Waals surface area contributed by atoms with Crippen LogP contribution in [0.3, 0.4) is 0 Å². The monoisotopic (exact) mass is 230 g/mol. The first kappa shape index (κ1) is 11.4. The van der Waals surface area contributed by atoms with E-state index in [9.17, 15) is 4.79 Å². The topological polar surface area (TPSA) is 66.0 Å². The van der Waals surface area contributed by atoms with E-state index in [2.05, 4.69) is 9.97 Å². The van der Waals surface area contributed by atoms with Crippen LogP contribution in [0.4, 0.5) is 0 Å². The molecule has 0 radical (unpaired) electrons. The number of aromatic carboxylic acids is 1. The van der Waals surface area contributed by atoms with E-state index in [1.807, 2.05) is 19.9 Å². The number of aromatic nitrogens is 2. The van der Waals surface area contributed by atoms with E-state index in [-0.39, 0.29) is 5.56 Å². The number of nitrogens with one attached hydrogen (secondary N) is 1. The van der Waals surface area contributed by atoms with Crippen LogP contribution in [0, 0.1) is 6.92 Å². The summed E-state index contributed by atoms with van der Waals surface area (Å²) < 4.78 is 0. The average Bonchev–Trinajstić information content (AvgIpc) is 2.71. The Hall–Kier alpha value is -2.10. The van der Waals surface area contributed by atoms with Gasteiger partial charge >= 0.3 is 5.97 Å². The van der Waals surface area contributed by atoms with Crippen LogP contribution in [-0.2, 0) is 6.42 Å². The lowest BCUT2D eigenvalue weighted by Crippen LogP contribution is -1.96. The third-order valence-corrected chi connectivity index (χ3v) is 2.65. The van der Waals surface area contributed by atoms with Crippen LogP contribution in [0.25, 0.3) is 11.3 Å².